The van der Waals surface area contributed by atoms with E-state index in [2.05, 4.69) is 10.3 Å². The van der Waals surface area contributed by atoms with Crippen LogP contribution in [0.15, 0.2) is 59.0 Å². The van der Waals surface area contributed by atoms with Gasteiger partial charge in [0.05, 0.1) is 10.2 Å². The number of para-hydroxylation sites is 1. The van der Waals surface area contributed by atoms with Crippen LogP contribution in [0.4, 0.5) is 5.13 Å². The molecule has 0 unspecified atom stereocenters. The van der Waals surface area contributed by atoms with E-state index in [1.54, 1.807) is 12.1 Å². The second-order valence-corrected chi connectivity index (χ2v) is 7.01. The van der Waals surface area contributed by atoms with Gasteiger partial charge < -0.3 is 4.42 Å². The van der Waals surface area contributed by atoms with E-state index >= 15 is 0 Å². The number of amides is 1. The highest BCUT2D eigenvalue weighted by Crippen LogP contribution is 2.28. The van der Waals surface area contributed by atoms with Crippen LogP contribution in [0.3, 0.4) is 0 Å². The van der Waals surface area contributed by atoms with Gasteiger partial charge in [-0.3, -0.25) is 10.1 Å². The Morgan fingerprint density at radius 3 is 2.80 bits per heavy atom. The molecule has 0 bridgehead atoms. The van der Waals surface area contributed by atoms with Crippen LogP contribution >= 0.6 is 22.9 Å². The van der Waals surface area contributed by atoms with E-state index in [1.807, 2.05) is 49.4 Å². The number of aryl methyl sites for hydroxylation is 1. The fraction of sp³-hybridized carbons (Fsp3) is 0.0526. The van der Waals surface area contributed by atoms with Crippen molar-refractivity contribution in [2.75, 3.05) is 5.32 Å². The van der Waals surface area contributed by atoms with E-state index in [0.29, 0.717) is 15.9 Å². The first kappa shape index (κ1) is 15.9. The number of fused-ring (bicyclic) bond motifs is 1. The van der Waals surface area contributed by atoms with Gasteiger partial charge in [-0.05, 0) is 42.8 Å². The maximum atomic E-state index is 12.4. The normalized spacial score (nSPS) is 11.0. The molecule has 0 spiro atoms. The predicted molar refractivity (Wildman–Crippen MR) is 101 cm³/mol. The van der Waals surface area contributed by atoms with Crippen LogP contribution in [-0.2, 0) is 0 Å². The van der Waals surface area contributed by atoms with E-state index < -0.39 is 0 Å². The monoisotopic (exact) mass is 368 g/mol. The molecule has 2 aromatic heterocycles. The van der Waals surface area contributed by atoms with Gasteiger partial charge in [0.1, 0.15) is 5.76 Å². The molecule has 0 aliphatic rings. The van der Waals surface area contributed by atoms with Crippen molar-refractivity contribution in [3.63, 3.8) is 0 Å². The van der Waals surface area contributed by atoms with Gasteiger partial charge in [-0.1, -0.05) is 47.2 Å². The third kappa shape index (κ3) is 3.16. The van der Waals surface area contributed by atoms with Crippen molar-refractivity contribution in [2.45, 2.75) is 6.92 Å². The van der Waals surface area contributed by atoms with Crippen molar-refractivity contribution in [3.05, 3.63) is 70.9 Å². The molecule has 4 rings (SSSR count). The highest BCUT2D eigenvalue weighted by Gasteiger charge is 2.15. The minimum Gasteiger partial charge on any atom is -0.451 e. The average Bonchev–Trinajstić information content (AvgIpc) is 3.23. The first-order valence-electron chi connectivity index (χ1n) is 7.63. The zero-order valence-corrected chi connectivity index (χ0v) is 14.8. The maximum absolute atomic E-state index is 12.4. The Morgan fingerprint density at radius 1 is 1.16 bits per heavy atom. The van der Waals surface area contributed by atoms with Gasteiger partial charge in [0.15, 0.2) is 10.9 Å². The summed E-state index contributed by atoms with van der Waals surface area (Å²) < 4.78 is 6.70. The zero-order valence-electron chi connectivity index (χ0n) is 13.2. The van der Waals surface area contributed by atoms with E-state index in [4.69, 9.17) is 16.0 Å². The van der Waals surface area contributed by atoms with Crippen LogP contribution < -0.4 is 5.32 Å². The number of anilines is 1. The summed E-state index contributed by atoms with van der Waals surface area (Å²) in [6, 6.07) is 16.8. The minimum atomic E-state index is -0.330. The van der Waals surface area contributed by atoms with Crippen molar-refractivity contribution in [2.24, 2.45) is 0 Å². The first-order chi connectivity index (χ1) is 12.1. The number of nitrogens with one attached hydrogen (secondary N) is 1. The first-order valence-corrected chi connectivity index (χ1v) is 8.83. The van der Waals surface area contributed by atoms with Crippen LogP contribution in [0.1, 0.15) is 16.1 Å². The predicted octanol–water partition coefficient (Wildman–Crippen LogP) is 5.77. The zero-order chi connectivity index (χ0) is 17.4. The Bertz CT molecular complexity index is 1050. The molecule has 2 heterocycles. The van der Waals surface area contributed by atoms with Crippen molar-refractivity contribution in [1.29, 1.82) is 0 Å². The SMILES string of the molecule is Cc1ccc(-c2ccc(C(=O)Nc3nc4ccccc4s3)o2)cc1Cl. The second kappa shape index (κ2) is 6.35. The number of rotatable bonds is 3. The number of nitrogens with zero attached hydrogens (tertiary/aromatic N) is 1. The summed E-state index contributed by atoms with van der Waals surface area (Å²) in [7, 11) is 0. The summed E-state index contributed by atoms with van der Waals surface area (Å²) in [5, 5.41) is 3.99. The maximum Gasteiger partial charge on any atom is 0.293 e. The molecule has 2 aromatic carbocycles. The lowest BCUT2D eigenvalue weighted by Crippen LogP contribution is -2.10. The minimum absolute atomic E-state index is 0.228. The number of carbonyl (C=O) groups is 1. The number of thiazole rings is 1. The van der Waals surface area contributed by atoms with E-state index in [0.717, 1.165) is 21.3 Å². The van der Waals surface area contributed by atoms with Crippen LogP contribution in [0.25, 0.3) is 21.5 Å². The lowest BCUT2D eigenvalue weighted by atomic mass is 10.1. The van der Waals surface area contributed by atoms with Gasteiger partial charge in [0.25, 0.3) is 5.91 Å². The quantitative estimate of drug-likeness (QED) is 0.499. The Morgan fingerprint density at radius 2 is 2.00 bits per heavy atom. The smallest absolute Gasteiger partial charge is 0.293 e. The van der Waals surface area contributed by atoms with Crippen LogP contribution in [0.5, 0.6) is 0 Å². The Hall–Kier alpha value is -2.63. The number of aromatic nitrogens is 1. The molecule has 0 fully saturated rings. The molecule has 4 nitrogen and oxygen atoms in total. The molecule has 6 heteroatoms. The van der Waals surface area contributed by atoms with Crippen LogP contribution in [0.2, 0.25) is 5.02 Å². The van der Waals surface area contributed by atoms with Gasteiger partial charge in [0, 0.05) is 10.6 Å². The number of benzene rings is 2. The highest BCUT2D eigenvalue weighted by molar-refractivity contribution is 7.22. The third-order valence-corrected chi connectivity index (χ3v) is 5.16. The topological polar surface area (TPSA) is 55.1 Å². The van der Waals surface area contributed by atoms with Crippen molar-refractivity contribution < 1.29 is 9.21 Å². The third-order valence-electron chi connectivity index (χ3n) is 3.80. The molecule has 1 N–H and O–H groups in total. The lowest BCUT2D eigenvalue weighted by Gasteiger charge is -2.01. The van der Waals surface area contributed by atoms with E-state index in [9.17, 15) is 4.79 Å². The molecule has 0 saturated heterocycles. The standard InChI is InChI=1S/C19H13ClN2O2S/c1-11-6-7-12(10-13(11)20)15-8-9-16(24-15)18(23)22-19-21-14-4-2-3-5-17(14)25-19/h2-10H,1H3,(H,21,22,23). The molecule has 0 aliphatic heterocycles. The van der Waals surface area contributed by atoms with Crippen LogP contribution in [-0.4, -0.2) is 10.9 Å². The van der Waals surface area contributed by atoms with Crippen molar-refractivity contribution in [1.82, 2.24) is 4.98 Å². The highest BCUT2D eigenvalue weighted by atomic mass is 35.5. The van der Waals surface area contributed by atoms with Gasteiger partial charge in [-0.25, -0.2) is 4.98 Å². The molecule has 0 aliphatic carbocycles. The Kier molecular flexibility index (Phi) is 4.03. The van der Waals surface area contributed by atoms with Gasteiger partial charge in [-0.2, -0.15) is 0 Å². The summed E-state index contributed by atoms with van der Waals surface area (Å²) in [6.07, 6.45) is 0. The fourth-order valence-electron chi connectivity index (χ4n) is 2.45. The number of halogens is 1. The summed E-state index contributed by atoms with van der Waals surface area (Å²) >= 11 is 7.58. The van der Waals surface area contributed by atoms with Gasteiger partial charge >= 0.3 is 0 Å². The molecule has 25 heavy (non-hydrogen) atoms. The summed E-state index contributed by atoms with van der Waals surface area (Å²) in [6.45, 7) is 1.94. The number of furan rings is 1. The fourth-order valence-corrected chi connectivity index (χ4v) is 3.49. The molecule has 124 valence electrons. The lowest BCUT2D eigenvalue weighted by molar-refractivity contribution is 0.0997. The van der Waals surface area contributed by atoms with Gasteiger partial charge in [0.2, 0.25) is 0 Å². The summed E-state index contributed by atoms with van der Waals surface area (Å²) in [4.78, 5) is 16.8. The molecule has 4 aromatic rings. The largest absolute Gasteiger partial charge is 0.451 e. The second-order valence-electron chi connectivity index (χ2n) is 5.57. The van der Waals surface area contributed by atoms with Gasteiger partial charge in [-0.15, -0.1) is 0 Å². The number of carbonyl (C=O) groups excluding carboxylic acids is 1. The molecule has 0 saturated carbocycles. The number of hydrogen-bond acceptors (Lipinski definition) is 4. The Balaban J connectivity index is 1.56. The van der Waals surface area contributed by atoms with Crippen LogP contribution in [0, 0.1) is 6.92 Å². The summed E-state index contributed by atoms with van der Waals surface area (Å²) in [5.41, 5.74) is 2.68. The van der Waals surface area contributed by atoms with Crippen molar-refractivity contribution in [3.8, 4) is 11.3 Å². The van der Waals surface area contributed by atoms with Crippen molar-refractivity contribution >= 4 is 44.2 Å². The summed E-state index contributed by atoms with van der Waals surface area (Å²) in [5.74, 6) is 0.491. The Labute approximate surface area is 153 Å². The molecule has 0 radical (unpaired) electrons. The molecular weight excluding hydrogens is 356 g/mol. The van der Waals surface area contributed by atoms with E-state index in [-0.39, 0.29) is 11.7 Å². The molecular formula is C19H13ClN2O2S. The average molecular weight is 369 g/mol. The molecule has 1 amide bonds. The van der Waals surface area contributed by atoms with E-state index in [1.165, 1.54) is 11.3 Å². The molecule has 0 atom stereocenters. The number of hydrogen-bond donors (Lipinski definition) is 1.